The predicted octanol–water partition coefficient (Wildman–Crippen LogP) is 7.97. The fraction of sp³-hybridized carbons (Fsp3) is 0.146. The van der Waals surface area contributed by atoms with Gasteiger partial charge >= 0.3 is 0 Å². The minimum atomic E-state index is -0.695. The maximum absolute atomic E-state index is 6.91. The Morgan fingerprint density at radius 3 is 2.13 bits per heavy atom. The van der Waals surface area contributed by atoms with Crippen molar-refractivity contribution in [1.82, 2.24) is 54.5 Å². The van der Waals surface area contributed by atoms with Crippen LogP contribution >= 0.6 is 0 Å². The molecule has 1 aliphatic heterocycles. The number of imidazole rings is 1. The summed E-state index contributed by atoms with van der Waals surface area (Å²) in [6.07, 6.45) is 11.9. The van der Waals surface area contributed by atoms with Gasteiger partial charge in [-0.2, -0.15) is 15.3 Å². The minimum absolute atomic E-state index is 0.582. The molecule has 0 bridgehead atoms. The first-order chi connectivity index (χ1) is 26.8. The van der Waals surface area contributed by atoms with Crippen molar-refractivity contribution >= 4 is 72.3 Å². The summed E-state index contributed by atoms with van der Waals surface area (Å²) in [6, 6.07) is 24.4. The zero-order chi connectivity index (χ0) is 36.9. The van der Waals surface area contributed by atoms with Crippen LogP contribution in [0.5, 0.6) is 0 Å². The van der Waals surface area contributed by atoms with Crippen molar-refractivity contribution in [2.24, 2.45) is 0 Å². The molecular formula is C41H33N13O. The van der Waals surface area contributed by atoms with Gasteiger partial charge in [-0.3, -0.25) is 20.2 Å². The van der Waals surface area contributed by atoms with Gasteiger partial charge in [0.2, 0.25) is 0 Å². The number of fused-ring (bicyclic) bond motifs is 7. The zero-order valence-corrected chi connectivity index (χ0v) is 30.0. The van der Waals surface area contributed by atoms with Crippen LogP contribution in [-0.2, 0) is 22.4 Å². The average molecular weight is 724 g/mol. The monoisotopic (exact) mass is 723 g/mol. The van der Waals surface area contributed by atoms with E-state index in [4.69, 9.17) is 19.8 Å². The fourth-order valence-electron chi connectivity index (χ4n) is 8.12. The van der Waals surface area contributed by atoms with E-state index in [1.807, 2.05) is 65.7 Å². The molecule has 1 aliphatic rings. The number of aromatic amines is 2. The van der Waals surface area contributed by atoms with Gasteiger partial charge in [-0.15, -0.1) is 0 Å². The Hall–Kier alpha value is -7.19. The molecule has 1 unspecified atom stereocenters. The number of pyridine rings is 4. The number of benzene rings is 2. The van der Waals surface area contributed by atoms with Crippen molar-refractivity contribution in [2.75, 3.05) is 10.6 Å². The number of ether oxygens (including phenoxy) is 1. The first-order valence-corrected chi connectivity index (χ1v) is 18.0. The van der Waals surface area contributed by atoms with E-state index in [0.717, 1.165) is 83.4 Å². The molecule has 11 rings (SSSR count). The third-order valence-electron chi connectivity index (χ3n) is 10.5. The normalized spacial score (nSPS) is 16.5. The number of rotatable bonds is 7. The Morgan fingerprint density at radius 1 is 0.709 bits per heavy atom. The van der Waals surface area contributed by atoms with Gasteiger partial charge in [-0.1, -0.05) is 0 Å². The highest BCUT2D eigenvalue weighted by atomic mass is 16.5. The van der Waals surface area contributed by atoms with E-state index in [0.29, 0.717) is 18.1 Å². The number of nitrogens with zero attached hydrogens (tertiary/aromatic N) is 9. The fourth-order valence-corrected chi connectivity index (χ4v) is 8.12. The van der Waals surface area contributed by atoms with Crippen LogP contribution in [0.25, 0.3) is 55.1 Å². The van der Waals surface area contributed by atoms with Crippen LogP contribution in [-0.4, -0.2) is 54.5 Å². The molecule has 1 atom stereocenters. The number of H-pyrrole nitrogens is 2. The van der Waals surface area contributed by atoms with E-state index in [2.05, 4.69) is 103 Å². The number of hydrogen-bond donors (Lipinski definition) is 4. The lowest BCUT2D eigenvalue weighted by atomic mass is 9.91. The smallest absolute Gasteiger partial charge is 0.178 e. The predicted molar refractivity (Wildman–Crippen MR) is 211 cm³/mol. The lowest BCUT2D eigenvalue weighted by Gasteiger charge is -2.29. The summed E-state index contributed by atoms with van der Waals surface area (Å²) < 4.78 is 11.0. The van der Waals surface area contributed by atoms with Crippen molar-refractivity contribution in [3.63, 3.8) is 0 Å². The maximum Gasteiger partial charge on any atom is 0.178 e. The van der Waals surface area contributed by atoms with E-state index in [1.165, 1.54) is 0 Å². The van der Waals surface area contributed by atoms with Gasteiger partial charge in [-0.05, 0) is 104 Å². The topological polar surface area (TPSA) is 164 Å². The highest BCUT2D eigenvalue weighted by molar-refractivity contribution is 5.98. The van der Waals surface area contributed by atoms with Crippen molar-refractivity contribution in [1.29, 1.82) is 0 Å². The third-order valence-corrected chi connectivity index (χ3v) is 10.5. The van der Waals surface area contributed by atoms with Gasteiger partial charge in [-0.25, -0.2) is 14.6 Å². The summed E-state index contributed by atoms with van der Waals surface area (Å²) in [7, 11) is 0. The molecule has 55 heavy (non-hydrogen) atoms. The van der Waals surface area contributed by atoms with Crippen LogP contribution in [0.1, 0.15) is 37.7 Å². The molecule has 268 valence electrons. The SMILES string of the molecule is CC1(C)OC(C)(Cc2cc3cc(Nc4n[nH]c5cccnc45)ccc3c3nccn23)c2cn(-c3nccc4cc(Nc5n[nH]c6cccnc56)ccc34)nc21. The molecule has 2 aromatic carbocycles. The van der Waals surface area contributed by atoms with Gasteiger partial charge in [0, 0.05) is 77.0 Å². The van der Waals surface area contributed by atoms with E-state index >= 15 is 0 Å². The molecule has 0 saturated heterocycles. The number of anilines is 4. The number of nitrogens with one attached hydrogen (secondary N) is 4. The molecular weight excluding hydrogens is 691 g/mol. The molecule has 8 aromatic heterocycles. The van der Waals surface area contributed by atoms with E-state index in [1.54, 1.807) is 12.4 Å². The van der Waals surface area contributed by atoms with Crippen molar-refractivity contribution in [3.05, 3.63) is 127 Å². The summed E-state index contributed by atoms with van der Waals surface area (Å²) in [4.78, 5) is 18.6. The Balaban J connectivity index is 0.940. The van der Waals surface area contributed by atoms with Crippen LogP contribution in [0.4, 0.5) is 23.0 Å². The Morgan fingerprint density at radius 2 is 1.40 bits per heavy atom. The summed E-state index contributed by atoms with van der Waals surface area (Å²) >= 11 is 0. The number of aromatic nitrogens is 11. The Labute approximate surface area is 312 Å². The van der Waals surface area contributed by atoms with Crippen molar-refractivity contribution < 1.29 is 4.74 Å². The Bertz CT molecular complexity index is 3140. The van der Waals surface area contributed by atoms with Crippen molar-refractivity contribution in [3.8, 4) is 5.82 Å². The average Bonchev–Trinajstić information content (AvgIpc) is 4.03. The summed E-state index contributed by atoms with van der Waals surface area (Å²) in [5, 5.41) is 31.1. The molecule has 0 spiro atoms. The molecule has 4 N–H and O–H groups in total. The first kappa shape index (κ1) is 31.3. The summed E-state index contributed by atoms with van der Waals surface area (Å²) in [5.41, 5.74) is 7.63. The van der Waals surface area contributed by atoms with E-state index < -0.39 is 11.2 Å². The lowest BCUT2D eigenvalue weighted by Crippen LogP contribution is -2.30. The van der Waals surface area contributed by atoms with Gasteiger partial charge < -0.3 is 19.8 Å². The van der Waals surface area contributed by atoms with Crippen LogP contribution in [0.2, 0.25) is 0 Å². The maximum atomic E-state index is 6.91. The minimum Gasteiger partial charge on any atom is -0.358 e. The second-order valence-corrected chi connectivity index (χ2v) is 14.7. The molecule has 14 heteroatoms. The largest absolute Gasteiger partial charge is 0.358 e. The van der Waals surface area contributed by atoms with Crippen LogP contribution < -0.4 is 10.6 Å². The summed E-state index contributed by atoms with van der Waals surface area (Å²) in [6.45, 7) is 6.31. The van der Waals surface area contributed by atoms with Crippen LogP contribution in [0.15, 0.2) is 110 Å². The molecule has 0 radical (unpaired) electrons. The molecule has 0 aliphatic carbocycles. The third kappa shape index (κ3) is 4.95. The molecule has 10 aromatic rings. The molecule has 9 heterocycles. The molecule has 0 fully saturated rings. The Kier molecular flexibility index (Phi) is 6.50. The quantitative estimate of drug-likeness (QED) is 0.127. The van der Waals surface area contributed by atoms with Gasteiger partial charge in [0.25, 0.3) is 0 Å². The van der Waals surface area contributed by atoms with E-state index in [9.17, 15) is 0 Å². The van der Waals surface area contributed by atoms with Gasteiger partial charge in [0.1, 0.15) is 33.6 Å². The molecule has 0 saturated carbocycles. The highest BCUT2D eigenvalue weighted by Gasteiger charge is 2.49. The highest BCUT2D eigenvalue weighted by Crippen LogP contribution is 2.48. The van der Waals surface area contributed by atoms with Crippen molar-refractivity contribution in [2.45, 2.75) is 38.4 Å². The van der Waals surface area contributed by atoms with Crippen LogP contribution in [0.3, 0.4) is 0 Å². The second kappa shape index (κ2) is 11.4. The zero-order valence-electron chi connectivity index (χ0n) is 30.0. The first-order valence-electron chi connectivity index (χ1n) is 18.0. The number of hydrogen-bond acceptors (Lipinski definition) is 10. The lowest BCUT2D eigenvalue weighted by molar-refractivity contribution is -0.118. The molecule has 0 amide bonds. The second-order valence-electron chi connectivity index (χ2n) is 14.7. The summed E-state index contributed by atoms with van der Waals surface area (Å²) in [5.74, 6) is 2.09. The van der Waals surface area contributed by atoms with Gasteiger partial charge in [0.15, 0.2) is 17.5 Å². The van der Waals surface area contributed by atoms with Crippen LogP contribution in [0, 0.1) is 0 Å². The standard InChI is InChI=1S/C41H33N13O/c1-40(2)35-30(22-54(52-35)39-28-10-8-25(18-23(28)12-15-44-39)46-36-33-31(48-50-36)6-4-13-42-33)41(3,55-40)21-27-20-24-19-26(9-11-29(24)38-45-16-17-53(27)38)47-37-34-32(49-51-37)7-5-14-43-34/h4-20,22H,21H2,1-3H3,(H2,46,48,50)(H2,47,49,51). The van der Waals surface area contributed by atoms with Gasteiger partial charge in [0.05, 0.1) is 11.0 Å². The van der Waals surface area contributed by atoms with E-state index in [-0.39, 0.29) is 0 Å². The molecule has 14 nitrogen and oxygen atoms in total.